The summed E-state index contributed by atoms with van der Waals surface area (Å²) in [6.07, 6.45) is 7.22. The number of carbonyl (C=O) groups excluding carboxylic acids is 1. The van der Waals surface area contributed by atoms with Gasteiger partial charge in [-0.25, -0.2) is 0 Å². The Hall–Kier alpha value is -2.66. The largest absolute Gasteiger partial charge is 0.348 e. The Morgan fingerprint density at radius 2 is 2.09 bits per heavy atom. The fourth-order valence-corrected chi connectivity index (χ4v) is 2.42. The highest BCUT2D eigenvalue weighted by molar-refractivity contribution is 6.30. The molecular weight excluding hydrogens is 312 g/mol. The Balaban J connectivity index is 1.70. The minimum absolute atomic E-state index is 0.167. The van der Waals surface area contributed by atoms with Crippen LogP contribution in [0.5, 0.6) is 0 Å². The number of carbonyl (C=O) groups is 1. The number of pyridine rings is 1. The van der Waals surface area contributed by atoms with E-state index < -0.39 is 0 Å². The lowest BCUT2D eigenvalue weighted by Crippen LogP contribution is -2.22. The summed E-state index contributed by atoms with van der Waals surface area (Å²) in [5, 5.41) is 7.56. The highest BCUT2D eigenvalue weighted by Gasteiger charge is 2.07. The van der Waals surface area contributed by atoms with Gasteiger partial charge in [0.2, 0.25) is 0 Å². The molecule has 0 aliphatic carbocycles. The van der Waals surface area contributed by atoms with Crippen molar-refractivity contribution in [2.45, 2.75) is 6.54 Å². The summed E-state index contributed by atoms with van der Waals surface area (Å²) in [6, 6.07) is 8.84. The molecule has 116 valence electrons. The van der Waals surface area contributed by atoms with Crippen molar-refractivity contribution in [1.29, 1.82) is 0 Å². The SMILES string of the molecule is Cn1cc(-c2cncc(CNC(=O)c3cccc(Cl)c3)c2)cn1. The van der Waals surface area contributed by atoms with E-state index in [1.54, 1.807) is 47.5 Å². The number of benzene rings is 1. The topological polar surface area (TPSA) is 59.8 Å². The number of aryl methyl sites for hydroxylation is 1. The molecule has 0 saturated carbocycles. The first-order valence-electron chi connectivity index (χ1n) is 7.08. The predicted octanol–water partition coefficient (Wildman–Crippen LogP) is 3.07. The average molecular weight is 327 g/mol. The van der Waals surface area contributed by atoms with Crippen LogP contribution in [0.1, 0.15) is 15.9 Å². The van der Waals surface area contributed by atoms with Gasteiger partial charge in [0.05, 0.1) is 6.20 Å². The molecule has 5 nitrogen and oxygen atoms in total. The molecule has 6 heteroatoms. The summed E-state index contributed by atoms with van der Waals surface area (Å²) in [5.41, 5.74) is 3.41. The molecule has 23 heavy (non-hydrogen) atoms. The molecular formula is C17H15ClN4O. The molecule has 2 aromatic heterocycles. The molecule has 0 atom stereocenters. The number of amides is 1. The van der Waals surface area contributed by atoms with Crippen LogP contribution in [0.2, 0.25) is 5.02 Å². The Kier molecular flexibility index (Phi) is 4.39. The van der Waals surface area contributed by atoms with Crippen LogP contribution in [0.4, 0.5) is 0 Å². The van der Waals surface area contributed by atoms with E-state index in [1.165, 1.54) is 0 Å². The zero-order valence-corrected chi connectivity index (χ0v) is 13.3. The molecule has 3 aromatic rings. The van der Waals surface area contributed by atoms with E-state index in [9.17, 15) is 4.79 Å². The van der Waals surface area contributed by atoms with Gasteiger partial charge in [0.25, 0.3) is 5.91 Å². The third kappa shape index (κ3) is 3.76. The number of nitrogens with zero attached hydrogens (tertiary/aromatic N) is 3. The van der Waals surface area contributed by atoms with Gasteiger partial charge < -0.3 is 5.32 Å². The minimum Gasteiger partial charge on any atom is -0.348 e. The standard InChI is InChI=1S/C17H15ClN4O/c1-22-11-15(10-21-22)14-5-12(7-19-9-14)8-20-17(23)13-3-2-4-16(18)6-13/h2-7,9-11H,8H2,1H3,(H,20,23). The molecule has 3 rings (SSSR count). The summed E-state index contributed by atoms with van der Waals surface area (Å²) in [5.74, 6) is -0.167. The van der Waals surface area contributed by atoms with Crippen LogP contribution >= 0.6 is 11.6 Å². The predicted molar refractivity (Wildman–Crippen MR) is 89.1 cm³/mol. The van der Waals surface area contributed by atoms with E-state index >= 15 is 0 Å². The van der Waals surface area contributed by atoms with E-state index in [0.29, 0.717) is 17.1 Å². The van der Waals surface area contributed by atoms with Crippen molar-refractivity contribution >= 4 is 17.5 Å². The minimum atomic E-state index is -0.167. The van der Waals surface area contributed by atoms with Gasteiger partial charge in [-0.05, 0) is 29.8 Å². The van der Waals surface area contributed by atoms with Crippen LogP contribution in [-0.2, 0) is 13.6 Å². The summed E-state index contributed by atoms with van der Waals surface area (Å²) in [4.78, 5) is 16.4. The van der Waals surface area contributed by atoms with Crippen molar-refractivity contribution in [2.75, 3.05) is 0 Å². The molecule has 1 aromatic carbocycles. The van der Waals surface area contributed by atoms with Crippen molar-refractivity contribution in [3.8, 4) is 11.1 Å². The van der Waals surface area contributed by atoms with E-state index in [0.717, 1.165) is 16.7 Å². The normalized spacial score (nSPS) is 10.5. The van der Waals surface area contributed by atoms with Gasteiger partial charge >= 0.3 is 0 Å². The molecule has 0 aliphatic heterocycles. The number of nitrogens with one attached hydrogen (secondary N) is 1. The number of hydrogen-bond acceptors (Lipinski definition) is 3. The maximum atomic E-state index is 12.1. The highest BCUT2D eigenvalue weighted by atomic mass is 35.5. The van der Waals surface area contributed by atoms with E-state index in [4.69, 9.17) is 11.6 Å². The van der Waals surface area contributed by atoms with Crippen molar-refractivity contribution < 1.29 is 4.79 Å². The molecule has 0 aliphatic rings. The molecule has 0 unspecified atom stereocenters. The third-order valence-corrected chi connectivity index (χ3v) is 3.61. The second-order valence-corrected chi connectivity index (χ2v) is 5.61. The second-order valence-electron chi connectivity index (χ2n) is 5.18. The highest BCUT2D eigenvalue weighted by Crippen LogP contribution is 2.18. The maximum absolute atomic E-state index is 12.1. The molecule has 0 spiro atoms. The summed E-state index contributed by atoms with van der Waals surface area (Å²) < 4.78 is 1.74. The zero-order chi connectivity index (χ0) is 16.2. The zero-order valence-electron chi connectivity index (χ0n) is 12.5. The van der Waals surface area contributed by atoms with Gasteiger partial charge in [0.15, 0.2) is 0 Å². The number of aromatic nitrogens is 3. The second kappa shape index (κ2) is 6.62. The smallest absolute Gasteiger partial charge is 0.251 e. The lowest BCUT2D eigenvalue weighted by atomic mass is 10.1. The van der Waals surface area contributed by atoms with Gasteiger partial charge in [-0.1, -0.05) is 17.7 Å². The third-order valence-electron chi connectivity index (χ3n) is 3.37. The van der Waals surface area contributed by atoms with Crippen LogP contribution in [-0.4, -0.2) is 20.7 Å². The van der Waals surface area contributed by atoms with Gasteiger partial charge in [0, 0.05) is 53.9 Å². The number of hydrogen-bond donors (Lipinski definition) is 1. The fourth-order valence-electron chi connectivity index (χ4n) is 2.23. The fraction of sp³-hybridized carbons (Fsp3) is 0.118. The van der Waals surface area contributed by atoms with Crippen LogP contribution in [0.25, 0.3) is 11.1 Å². The van der Waals surface area contributed by atoms with Crippen molar-refractivity contribution in [3.63, 3.8) is 0 Å². The molecule has 1 amide bonds. The molecule has 2 heterocycles. The lowest BCUT2D eigenvalue weighted by Gasteiger charge is -2.06. The van der Waals surface area contributed by atoms with Crippen molar-refractivity contribution in [1.82, 2.24) is 20.1 Å². The van der Waals surface area contributed by atoms with Crippen LogP contribution < -0.4 is 5.32 Å². The van der Waals surface area contributed by atoms with Gasteiger partial charge in [-0.3, -0.25) is 14.5 Å². The van der Waals surface area contributed by atoms with E-state index in [1.807, 2.05) is 19.3 Å². The van der Waals surface area contributed by atoms with Gasteiger partial charge in [0.1, 0.15) is 0 Å². The average Bonchev–Trinajstić information content (AvgIpc) is 2.99. The van der Waals surface area contributed by atoms with Crippen molar-refractivity contribution in [2.24, 2.45) is 7.05 Å². The maximum Gasteiger partial charge on any atom is 0.251 e. The number of rotatable bonds is 4. The Labute approximate surface area is 138 Å². The first-order chi connectivity index (χ1) is 11.1. The van der Waals surface area contributed by atoms with E-state index in [-0.39, 0.29) is 5.91 Å². The first kappa shape index (κ1) is 15.2. The van der Waals surface area contributed by atoms with Crippen LogP contribution in [0.3, 0.4) is 0 Å². The van der Waals surface area contributed by atoms with Gasteiger partial charge in [-0.15, -0.1) is 0 Å². The molecule has 0 saturated heterocycles. The Bertz CT molecular complexity index is 844. The quantitative estimate of drug-likeness (QED) is 0.801. The lowest BCUT2D eigenvalue weighted by molar-refractivity contribution is 0.0951. The molecule has 0 fully saturated rings. The number of halogens is 1. The van der Waals surface area contributed by atoms with Crippen molar-refractivity contribution in [3.05, 3.63) is 71.3 Å². The van der Waals surface area contributed by atoms with E-state index in [2.05, 4.69) is 15.4 Å². The summed E-state index contributed by atoms with van der Waals surface area (Å²) in [7, 11) is 1.87. The van der Waals surface area contributed by atoms with Crippen LogP contribution in [0, 0.1) is 0 Å². The Morgan fingerprint density at radius 1 is 1.22 bits per heavy atom. The van der Waals surface area contributed by atoms with Crippen LogP contribution in [0.15, 0.2) is 55.1 Å². The molecule has 0 bridgehead atoms. The molecule has 0 radical (unpaired) electrons. The van der Waals surface area contributed by atoms with Gasteiger partial charge in [-0.2, -0.15) is 5.10 Å². The Morgan fingerprint density at radius 3 is 2.83 bits per heavy atom. The molecule has 1 N–H and O–H groups in total. The summed E-state index contributed by atoms with van der Waals surface area (Å²) in [6.45, 7) is 0.395. The monoisotopic (exact) mass is 326 g/mol. The first-order valence-corrected chi connectivity index (χ1v) is 7.46. The summed E-state index contributed by atoms with van der Waals surface area (Å²) >= 11 is 5.90.